The number of halogens is 1. The molecule has 1 unspecified atom stereocenters. The number of H-pyrrole nitrogens is 1. The van der Waals surface area contributed by atoms with E-state index in [1.165, 1.54) is 22.0 Å². The highest BCUT2D eigenvalue weighted by atomic mass is 79.9. The van der Waals surface area contributed by atoms with Crippen LogP contribution in [0.5, 0.6) is 0 Å². The molecule has 0 saturated heterocycles. The third-order valence-corrected chi connectivity index (χ3v) is 4.52. The number of aromatic nitrogens is 1. The zero-order valence-corrected chi connectivity index (χ0v) is 12.6. The zero-order valence-electron chi connectivity index (χ0n) is 11.0. The van der Waals surface area contributed by atoms with Crippen LogP contribution in [0.15, 0.2) is 64.9 Å². The van der Waals surface area contributed by atoms with E-state index in [-0.39, 0.29) is 0 Å². The Kier molecular flexibility index (Phi) is 2.81. The van der Waals surface area contributed by atoms with E-state index in [9.17, 15) is 0 Å². The Balaban J connectivity index is 1.60. The summed E-state index contributed by atoms with van der Waals surface area (Å²) in [7, 11) is 0. The molecule has 0 amide bonds. The molecule has 0 saturated carbocycles. The van der Waals surface area contributed by atoms with Crippen molar-refractivity contribution >= 4 is 26.8 Å². The Hall–Kier alpha value is -1.74. The van der Waals surface area contributed by atoms with Gasteiger partial charge in [-0.1, -0.05) is 46.3 Å². The Morgan fingerprint density at radius 2 is 2.20 bits per heavy atom. The van der Waals surface area contributed by atoms with Crippen LogP contribution in [-0.4, -0.2) is 16.4 Å². The van der Waals surface area contributed by atoms with Crippen LogP contribution in [-0.2, 0) is 6.54 Å². The second-order valence-corrected chi connectivity index (χ2v) is 6.33. The van der Waals surface area contributed by atoms with E-state index in [1.807, 2.05) is 0 Å². The maximum absolute atomic E-state index is 3.55. The van der Waals surface area contributed by atoms with Crippen molar-refractivity contribution < 1.29 is 0 Å². The second kappa shape index (κ2) is 4.67. The van der Waals surface area contributed by atoms with E-state index in [0.717, 1.165) is 17.6 Å². The third-order valence-electron chi connectivity index (χ3n) is 4.03. The lowest BCUT2D eigenvalue weighted by molar-refractivity contribution is 0.381. The van der Waals surface area contributed by atoms with Gasteiger partial charge in [0, 0.05) is 46.8 Å². The maximum Gasteiger partial charge on any atom is 0.0457 e. The number of hydrogen-bond donors (Lipinski definition) is 1. The van der Waals surface area contributed by atoms with Crippen molar-refractivity contribution in [1.29, 1.82) is 0 Å². The molecule has 3 heteroatoms. The first-order valence-corrected chi connectivity index (χ1v) is 7.65. The highest BCUT2D eigenvalue weighted by molar-refractivity contribution is 9.11. The minimum atomic E-state index is 0.543. The summed E-state index contributed by atoms with van der Waals surface area (Å²) in [6.45, 7) is 2.03. The molecule has 1 atom stereocenters. The van der Waals surface area contributed by atoms with Crippen molar-refractivity contribution in [1.82, 2.24) is 9.88 Å². The average molecular weight is 327 g/mol. The number of nitrogens with zero attached hydrogens (tertiary/aromatic N) is 1. The molecule has 2 aliphatic rings. The molecule has 2 aromatic rings. The SMILES string of the molecule is BrC1=CC2=CN(Cc3c[nH]c4ccccc34)CC2C=C1. The first-order valence-electron chi connectivity index (χ1n) is 6.86. The second-order valence-electron chi connectivity index (χ2n) is 5.41. The topological polar surface area (TPSA) is 19.0 Å². The highest BCUT2D eigenvalue weighted by Gasteiger charge is 2.23. The number of aromatic amines is 1. The number of hydrogen-bond acceptors (Lipinski definition) is 1. The monoisotopic (exact) mass is 326 g/mol. The van der Waals surface area contributed by atoms with Crippen LogP contribution >= 0.6 is 15.9 Å². The summed E-state index contributed by atoms with van der Waals surface area (Å²) in [4.78, 5) is 5.76. The van der Waals surface area contributed by atoms with Crippen LogP contribution in [0, 0.1) is 5.92 Å². The summed E-state index contributed by atoms with van der Waals surface area (Å²) in [6, 6.07) is 8.49. The van der Waals surface area contributed by atoms with Crippen LogP contribution in [0.1, 0.15) is 5.56 Å². The lowest BCUT2D eigenvalue weighted by Crippen LogP contribution is -2.17. The van der Waals surface area contributed by atoms with Gasteiger partial charge in [-0.3, -0.25) is 0 Å². The fourth-order valence-corrected chi connectivity index (χ4v) is 3.46. The molecule has 0 bridgehead atoms. The number of benzene rings is 1. The summed E-state index contributed by atoms with van der Waals surface area (Å²) in [5.41, 5.74) is 3.98. The fourth-order valence-electron chi connectivity index (χ4n) is 3.04. The minimum absolute atomic E-state index is 0.543. The van der Waals surface area contributed by atoms with Gasteiger partial charge < -0.3 is 9.88 Å². The summed E-state index contributed by atoms with van der Waals surface area (Å²) < 4.78 is 1.16. The summed E-state index contributed by atoms with van der Waals surface area (Å²) in [6.07, 6.45) is 11.1. The van der Waals surface area contributed by atoms with Crippen LogP contribution in [0.2, 0.25) is 0 Å². The lowest BCUT2D eigenvalue weighted by atomic mass is 9.98. The van der Waals surface area contributed by atoms with E-state index in [2.05, 4.69) is 80.7 Å². The Morgan fingerprint density at radius 3 is 3.15 bits per heavy atom. The summed E-state index contributed by atoms with van der Waals surface area (Å²) >= 11 is 3.55. The van der Waals surface area contributed by atoms with E-state index in [1.54, 1.807) is 0 Å². The number of para-hydroxylation sites is 1. The van der Waals surface area contributed by atoms with Gasteiger partial charge in [-0.15, -0.1) is 0 Å². The molecule has 1 aromatic heterocycles. The molecule has 1 aliphatic carbocycles. The van der Waals surface area contributed by atoms with Crippen LogP contribution < -0.4 is 0 Å². The normalized spacial score (nSPS) is 21.1. The number of fused-ring (bicyclic) bond motifs is 2. The molecule has 2 heterocycles. The fraction of sp³-hybridized carbons (Fsp3) is 0.176. The average Bonchev–Trinajstić information content (AvgIpc) is 3.03. The molecular formula is C17H15BrN2. The quantitative estimate of drug-likeness (QED) is 0.870. The van der Waals surface area contributed by atoms with Gasteiger partial charge in [0.25, 0.3) is 0 Å². The van der Waals surface area contributed by atoms with Crippen molar-refractivity contribution in [2.24, 2.45) is 5.92 Å². The van der Waals surface area contributed by atoms with Gasteiger partial charge in [0.1, 0.15) is 0 Å². The Labute approximate surface area is 126 Å². The molecule has 2 nitrogen and oxygen atoms in total. The molecular weight excluding hydrogens is 312 g/mol. The summed E-state index contributed by atoms with van der Waals surface area (Å²) in [5.74, 6) is 0.543. The molecule has 1 aromatic carbocycles. The zero-order chi connectivity index (χ0) is 13.5. The van der Waals surface area contributed by atoms with Crippen molar-refractivity contribution in [2.45, 2.75) is 6.54 Å². The molecule has 1 N–H and O–H groups in total. The Bertz CT molecular complexity index is 751. The smallest absolute Gasteiger partial charge is 0.0457 e. The molecule has 0 radical (unpaired) electrons. The predicted molar refractivity (Wildman–Crippen MR) is 86.4 cm³/mol. The van der Waals surface area contributed by atoms with E-state index in [4.69, 9.17) is 0 Å². The van der Waals surface area contributed by atoms with Crippen molar-refractivity contribution in [3.63, 3.8) is 0 Å². The summed E-state index contributed by atoms with van der Waals surface area (Å²) in [5, 5.41) is 1.33. The van der Waals surface area contributed by atoms with Gasteiger partial charge in [-0.2, -0.15) is 0 Å². The lowest BCUT2D eigenvalue weighted by Gasteiger charge is -2.17. The van der Waals surface area contributed by atoms with Crippen LogP contribution in [0.25, 0.3) is 10.9 Å². The third kappa shape index (κ3) is 2.02. The predicted octanol–water partition coefficient (Wildman–Crippen LogP) is 4.33. The molecule has 0 spiro atoms. The number of nitrogens with one attached hydrogen (secondary N) is 1. The van der Waals surface area contributed by atoms with Gasteiger partial charge in [-0.25, -0.2) is 0 Å². The first kappa shape index (κ1) is 12.0. The van der Waals surface area contributed by atoms with Crippen LogP contribution in [0.3, 0.4) is 0 Å². The van der Waals surface area contributed by atoms with E-state index >= 15 is 0 Å². The van der Waals surface area contributed by atoms with Crippen molar-refractivity contribution in [3.8, 4) is 0 Å². The standard InChI is InChI=1S/C17H15BrN2/c18-15-6-5-12-9-20(10-13(12)7-15)11-14-8-19-17-4-2-1-3-16(14)17/h1-8,10,12,19H,9,11H2. The molecule has 1 aliphatic heterocycles. The minimum Gasteiger partial charge on any atom is -0.372 e. The number of allylic oxidation sites excluding steroid dienone is 3. The highest BCUT2D eigenvalue weighted by Crippen LogP contribution is 2.32. The van der Waals surface area contributed by atoms with Gasteiger partial charge in [-0.05, 0) is 23.3 Å². The molecule has 0 fully saturated rings. The van der Waals surface area contributed by atoms with Gasteiger partial charge in [0.05, 0.1) is 0 Å². The maximum atomic E-state index is 3.55. The van der Waals surface area contributed by atoms with E-state index < -0.39 is 0 Å². The molecule has 100 valence electrons. The molecule has 20 heavy (non-hydrogen) atoms. The van der Waals surface area contributed by atoms with Gasteiger partial charge in [0.2, 0.25) is 0 Å². The molecule has 4 rings (SSSR count). The van der Waals surface area contributed by atoms with Gasteiger partial charge >= 0.3 is 0 Å². The van der Waals surface area contributed by atoms with E-state index in [0.29, 0.717) is 5.92 Å². The van der Waals surface area contributed by atoms with Crippen LogP contribution in [0.4, 0.5) is 0 Å². The van der Waals surface area contributed by atoms with Crippen molar-refractivity contribution in [2.75, 3.05) is 6.54 Å². The van der Waals surface area contributed by atoms with Crippen molar-refractivity contribution in [3.05, 3.63) is 70.5 Å². The first-order chi connectivity index (χ1) is 9.79. The largest absolute Gasteiger partial charge is 0.372 e. The van der Waals surface area contributed by atoms with Gasteiger partial charge in [0.15, 0.2) is 0 Å². The Morgan fingerprint density at radius 1 is 1.30 bits per heavy atom. The number of rotatable bonds is 2.